The van der Waals surface area contributed by atoms with Gasteiger partial charge in [-0.3, -0.25) is 9.69 Å². The van der Waals surface area contributed by atoms with Crippen LogP contribution in [0, 0.1) is 11.6 Å². The maximum Gasteiger partial charge on any atom is 0.226 e. The Balaban J connectivity index is 1.23. The van der Waals surface area contributed by atoms with Gasteiger partial charge in [0.2, 0.25) is 5.91 Å². The molecule has 0 atom stereocenters. The maximum absolute atomic E-state index is 13.4. The monoisotopic (exact) mass is 467 g/mol. The molecule has 4 rings (SSSR count). The smallest absolute Gasteiger partial charge is 0.226 e. The second kappa shape index (κ2) is 9.51. The summed E-state index contributed by atoms with van der Waals surface area (Å²) in [7, 11) is 0. The zero-order valence-corrected chi connectivity index (χ0v) is 18.4. The molecule has 4 nitrogen and oxygen atoms in total. The minimum Gasteiger partial charge on any atom is -0.353 e. The van der Waals surface area contributed by atoms with E-state index in [-0.39, 0.29) is 18.4 Å². The van der Waals surface area contributed by atoms with Crippen LogP contribution in [0.15, 0.2) is 35.7 Å². The highest BCUT2D eigenvalue weighted by molar-refractivity contribution is 7.23. The van der Waals surface area contributed by atoms with Crippen molar-refractivity contribution >= 4 is 40.2 Å². The third-order valence-corrected chi connectivity index (χ3v) is 7.31. The highest BCUT2D eigenvalue weighted by Crippen LogP contribution is 2.33. The first-order chi connectivity index (χ1) is 14.5. The largest absolute Gasteiger partial charge is 0.353 e. The fraction of sp³-hybridized carbons (Fsp3) is 0.333. The average Bonchev–Trinajstić information content (AvgIpc) is 3.35. The number of nitrogens with one attached hydrogen (secondary N) is 1. The summed E-state index contributed by atoms with van der Waals surface area (Å²) in [5.41, 5.74) is 1.51. The quantitative estimate of drug-likeness (QED) is 0.546. The summed E-state index contributed by atoms with van der Waals surface area (Å²) < 4.78 is 27.1. The van der Waals surface area contributed by atoms with E-state index in [0.717, 1.165) is 57.5 Å². The number of carbonyl (C=O) groups is 1. The highest BCUT2D eigenvalue weighted by Gasteiger charge is 2.21. The Bertz CT molecular complexity index is 1030. The molecule has 0 unspecified atom stereocenters. The van der Waals surface area contributed by atoms with Gasteiger partial charge in [0, 0.05) is 31.1 Å². The molecule has 1 saturated heterocycles. The van der Waals surface area contributed by atoms with Crippen LogP contribution in [-0.2, 0) is 17.8 Å². The number of rotatable bonds is 6. The molecule has 1 amide bonds. The second-order valence-electron chi connectivity index (χ2n) is 7.29. The van der Waals surface area contributed by atoms with Crippen molar-refractivity contribution < 1.29 is 13.6 Å². The van der Waals surface area contributed by atoms with E-state index in [1.165, 1.54) is 28.7 Å². The summed E-state index contributed by atoms with van der Waals surface area (Å²) in [4.78, 5) is 20.2. The Kier molecular flexibility index (Phi) is 6.77. The SMILES string of the molecule is O=C(Cc1csc(-c2ccc(Cl)s2)n1)NC1CCN(Cc2ccc(F)c(F)c2)CC1. The summed E-state index contributed by atoms with van der Waals surface area (Å²) in [6.07, 6.45) is 1.90. The lowest BCUT2D eigenvalue weighted by Crippen LogP contribution is -2.44. The van der Waals surface area contributed by atoms with E-state index in [1.807, 2.05) is 17.5 Å². The summed E-state index contributed by atoms with van der Waals surface area (Å²) >= 11 is 8.96. The van der Waals surface area contributed by atoms with Crippen LogP contribution in [0.3, 0.4) is 0 Å². The van der Waals surface area contributed by atoms with Gasteiger partial charge >= 0.3 is 0 Å². The molecule has 2 aromatic heterocycles. The predicted octanol–water partition coefficient (Wildman–Crippen LogP) is 5.13. The van der Waals surface area contributed by atoms with Gasteiger partial charge in [-0.05, 0) is 42.7 Å². The van der Waals surface area contributed by atoms with Crippen molar-refractivity contribution in [2.24, 2.45) is 0 Å². The molecule has 158 valence electrons. The fourth-order valence-corrected chi connectivity index (χ4v) is 5.44. The van der Waals surface area contributed by atoms with E-state index >= 15 is 0 Å². The van der Waals surface area contributed by atoms with Gasteiger partial charge in [0.15, 0.2) is 11.6 Å². The molecular formula is C21H20ClF2N3OS2. The number of hydrogen-bond acceptors (Lipinski definition) is 5. The molecule has 0 saturated carbocycles. The molecule has 1 fully saturated rings. The van der Waals surface area contributed by atoms with Crippen molar-refractivity contribution in [3.63, 3.8) is 0 Å². The third kappa shape index (κ3) is 5.43. The molecule has 0 spiro atoms. The van der Waals surface area contributed by atoms with Crippen LogP contribution in [0.5, 0.6) is 0 Å². The van der Waals surface area contributed by atoms with Gasteiger partial charge in [0.05, 0.1) is 21.3 Å². The molecular weight excluding hydrogens is 448 g/mol. The first kappa shape index (κ1) is 21.4. The average molecular weight is 468 g/mol. The van der Waals surface area contributed by atoms with E-state index in [1.54, 1.807) is 6.07 Å². The van der Waals surface area contributed by atoms with E-state index in [2.05, 4.69) is 15.2 Å². The number of carbonyl (C=O) groups excluding carboxylic acids is 1. The number of thiophene rings is 1. The van der Waals surface area contributed by atoms with Crippen LogP contribution in [0.2, 0.25) is 4.34 Å². The fourth-order valence-electron chi connectivity index (χ4n) is 3.51. The van der Waals surface area contributed by atoms with Crippen molar-refractivity contribution in [3.8, 4) is 9.88 Å². The number of thiazole rings is 1. The minimum atomic E-state index is -0.827. The number of amides is 1. The van der Waals surface area contributed by atoms with Crippen LogP contribution in [0.1, 0.15) is 24.1 Å². The molecule has 3 heterocycles. The molecule has 0 aliphatic carbocycles. The van der Waals surface area contributed by atoms with Gasteiger partial charge in [-0.15, -0.1) is 22.7 Å². The number of likely N-dealkylation sites (tertiary alicyclic amines) is 1. The summed E-state index contributed by atoms with van der Waals surface area (Å²) in [5, 5.41) is 5.88. The molecule has 1 aromatic carbocycles. The number of nitrogens with zero attached hydrogens (tertiary/aromatic N) is 2. The highest BCUT2D eigenvalue weighted by atomic mass is 35.5. The van der Waals surface area contributed by atoms with E-state index in [9.17, 15) is 13.6 Å². The first-order valence-corrected chi connectivity index (χ1v) is 11.7. The van der Waals surface area contributed by atoms with Crippen molar-refractivity contribution in [2.45, 2.75) is 31.8 Å². The van der Waals surface area contributed by atoms with Gasteiger partial charge in [-0.2, -0.15) is 0 Å². The summed E-state index contributed by atoms with van der Waals surface area (Å²) in [5.74, 6) is -1.68. The number of halogens is 3. The molecule has 0 radical (unpaired) electrons. The van der Waals surface area contributed by atoms with Crippen molar-refractivity contribution in [3.05, 3.63) is 62.9 Å². The Labute approximate surface area is 186 Å². The zero-order chi connectivity index (χ0) is 21.1. The Morgan fingerprint density at radius 2 is 2.00 bits per heavy atom. The van der Waals surface area contributed by atoms with Crippen molar-refractivity contribution in [1.29, 1.82) is 0 Å². The van der Waals surface area contributed by atoms with Crippen LogP contribution in [-0.4, -0.2) is 34.9 Å². The van der Waals surface area contributed by atoms with Gasteiger partial charge in [-0.25, -0.2) is 13.8 Å². The van der Waals surface area contributed by atoms with Gasteiger partial charge in [-0.1, -0.05) is 17.7 Å². The minimum absolute atomic E-state index is 0.0323. The van der Waals surface area contributed by atoms with Crippen LogP contribution < -0.4 is 5.32 Å². The first-order valence-electron chi connectivity index (χ1n) is 9.62. The molecule has 0 bridgehead atoms. The van der Waals surface area contributed by atoms with Gasteiger partial charge < -0.3 is 5.32 Å². The number of aromatic nitrogens is 1. The van der Waals surface area contributed by atoms with Gasteiger partial charge in [0.25, 0.3) is 0 Å². The van der Waals surface area contributed by atoms with Crippen LogP contribution in [0.25, 0.3) is 9.88 Å². The third-order valence-electron chi connectivity index (χ3n) is 5.02. The normalized spacial score (nSPS) is 15.4. The zero-order valence-electron chi connectivity index (χ0n) is 16.0. The van der Waals surface area contributed by atoms with E-state index < -0.39 is 11.6 Å². The number of hydrogen-bond donors (Lipinski definition) is 1. The maximum atomic E-state index is 13.4. The predicted molar refractivity (Wildman–Crippen MR) is 117 cm³/mol. The molecule has 1 aliphatic heterocycles. The number of benzene rings is 1. The standard InChI is InChI=1S/C21H20ClF2N3OS2/c22-19-4-3-18(30-19)21-26-15(12-29-21)10-20(28)25-14-5-7-27(8-6-14)11-13-1-2-16(23)17(24)9-13/h1-4,9,12,14H,5-8,10-11H2,(H,25,28). The molecule has 1 N–H and O–H groups in total. The lowest BCUT2D eigenvalue weighted by Gasteiger charge is -2.32. The molecule has 9 heteroatoms. The lowest BCUT2D eigenvalue weighted by atomic mass is 10.0. The van der Waals surface area contributed by atoms with Crippen LogP contribution >= 0.6 is 34.3 Å². The van der Waals surface area contributed by atoms with Gasteiger partial charge in [0.1, 0.15) is 5.01 Å². The summed E-state index contributed by atoms with van der Waals surface area (Å²) in [6.45, 7) is 2.17. The molecule has 1 aliphatic rings. The second-order valence-corrected chi connectivity index (χ2v) is 9.86. The lowest BCUT2D eigenvalue weighted by molar-refractivity contribution is -0.121. The summed E-state index contributed by atoms with van der Waals surface area (Å²) in [6, 6.07) is 7.91. The van der Waals surface area contributed by atoms with E-state index in [4.69, 9.17) is 11.6 Å². The van der Waals surface area contributed by atoms with Crippen molar-refractivity contribution in [2.75, 3.05) is 13.1 Å². The Morgan fingerprint density at radius 1 is 1.20 bits per heavy atom. The molecule has 3 aromatic rings. The molecule has 30 heavy (non-hydrogen) atoms. The topological polar surface area (TPSA) is 45.2 Å². The van der Waals surface area contributed by atoms with Crippen LogP contribution in [0.4, 0.5) is 8.78 Å². The Morgan fingerprint density at radius 3 is 2.70 bits per heavy atom. The number of piperidine rings is 1. The Hall–Kier alpha value is -1.87. The van der Waals surface area contributed by atoms with Crippen molar-refractivity contribution in [1.82, 2.24) is 15.2 Å². The van der Waals surface area contributed by atoms with E-state index in [0.29, 0.717) is 6.54 Å².